The van der Waals surface area contributed by atoms with Crippen molar-refractivity contribution in [3.05, 3.63) is 36.2 Å². The number of hydrogen-bond acceptors (Lipinski definition) is 4. The number of aromatic nitrogens is 1. The first kappa shape index (κ1) is 12.3. The molecule has 5 heteroatoms. The molecule has 1 heterocycles. The van der Waals surface area contributed by atoms with E-state index >= 15 is 0 Å². The maximum atomic E-state index is 11.4. The number of aliphatic hydroxyl groups is 1. The first-order chi connectivity index (χ1) is 8.65. The number of hydrogen-bond donors (Lipinski definition) is 2. The van der Waals surface area contributed by atoms with Gasteiger partial charge in [0.25, 0.3) is 0 Å². The maximum Gasteiger partial charge on any atom is 0.244 e. The van der Waals surface area contributed by atoms with Gasteiger partial charge in [0, 0.05) is 18.7 Å². The van der Waals surface area contributed by atoms with Crippen molar-refractivity contribution in [1.29, 1.82) is 0 Å². The molecule has 0 fully saturated rings. The van der Waals surface area contributed by atoms with Crippen molar-refractivity contribution in [1.82, 2.24) is 10.3 Å². The molecule has 1 aromatic heterocycles. The van der Waals surface area contributed by atoms with Gasteiger partial charge in [-0.25, -0.2) is 4.98 Å². The summed E-state index contributed by atoms with van der Waals surface area (Å²) in [5, 5.41) is 11.6. The predicted octanol–water partition coefficient (Wildman–Crippen LogP) is 1.34. The van der Waals surface area contributed by atoms with Crippen LogP contribution in [0, 0.1) is 0 Å². The normalized spacial score (nSPS) is 13.0. The Morgan fingerprint density at radius 1 is 1.56 bits per heavy atom. The molecule has 0 aliphatic rings. The van der Waals surface area contributed by atoms with E-state index in [0.717, 1.165) is 5.52 Å². The van der Waals surface area contributed by atoms with Crippen LogP contribution in [0.15, 0.2) is 34.8 Å². The summed E-state index contributed by atoms with van der Waals surface area (Å²) in [6.07, 6.45) is 2.26. The molecule has 0 saturated heterocycles. The predicted molar refractivity (Wildman–Crippen MR) is 67.7 cm³/mol. The fraction of sp³-hybridized carbons (Fsp3) is 0.231. The van der Waals surface area contributed by atoms with Gasteiger partial charge >= 0.3 is 0 Å². The molecule has 1 amide bonds. The van der Waals surface area contributed by atoms with Gasteiger partial charge in [0.05, 0.1) is 6.10 Å². The van der Waals surface area contributed by atoms with E-state index in [4.69, 9.17) is 9.52 Å². The minimum atomic E-state index is -0.563. The van der Waals surface area contributed by atoms with Gasteiger partial charge in [-0.15, -0.1) is 0 Å². The molecule has 2 aromatic rings. The van der Waals surface area contributed by atoms with Crippen molar-refractivity contribution in [2.75, 3.05) is 6.54 Å². The first-order valence-electron chi connectivity index (χ1n) is 5.64. The minimum Gasteiger partial charge on any atom is -0.437 e. The SMILES string of the molecule is C[C@@H](O)CNC(=O)/C=C/c1nc2ccccc2o1. The highest BCUT2D eigenvalue weighted by Gasteiger charge is 2.02. The lowest BCUT2D eigenvalue weighted by atomic mass is 10.3. The average Bonchev–Trinajstić information content (AvgIpc) is 2.76. The molecule has 1 atom stereocenters. The Hall–Kier alpha value is -2.14. The number of carbonyl (C=O) groups is 1. The number of nitrogens with one attached hydrogen (secondary N) is 1. The molecule has 1 aromatic carbocycles. The molecular formula is C13H14N2O3. The Labute approximate surface area is 104 Å². The molecule has 0 spiro atoms. The number of aliphatic hydroxyl groups excluding tert-OH is 1. The fourth-order valence-electron chi connectivity index (χ4n) is 1.42. The van der Waals surface area contributed by atoms with E-state index in [0.29, 0.717) is 11.5 Å². The van der Waals surface area contributed by atoms with Gasteiger partial charge in [-0.05, 0) is 19.1 Å². The molecule has 0 aliphatic heterocycles. The zero-order valence-corrected chi connectivity index (χ0v) is 9.96. The first-order valence-corrected chi connectivity index (χ1v) is 5.64. The van der Waals surface area contributed by atoms with Crippen molar-refractivity contribution in [3.63, 3.8) is 0 Å². The standard InChI is InChI=1S/C13H14N2O3/c1-9(16)8-14-12(17)6-7-13-15-10-4-2-3-5-11(10)18-13/h2-7,9,16H,8H2,1H3,(H,14,17)/b7-6+/t9-/m1/s1. The van der Waals surface area contributed by atoms with Gasteiger partial charge in [-0.1, -0.05) is 12.1 Å². The highest BCUT2D eigenvalue weighted by molar-refractivity contribution is 5.91. The largest absolute Gasteiger partial charge is 0.437 e. The summed E-state index contributed by atoms with van der Waals surface area (Å²) in [7, 11) is 0. The fourth-order valence-corrected chi connectivity index (χ4v) is 1.42. The number of oxazole rings is 1. The summed E-state index contributed by atoms with van der Waals surface area (Å²) in [5.74, 6) is 0.0848. The third-order valence-corrected chi connectivity index (χ3v) is 2.26. The van der Waals surface area contributed by atoms with Gasteiger partial charge in [0.15, 0.2) is 5.58 Å². The number of amides is 1. The summed E-state index contributed by atoms with van der Waals surface area (Å²) in [5.41, 5.74) is 1.43. The van der Waals surface area contributed by atoms with Crippen LogP contribution in [0.2, 0.25) is 0 Å². The summed E-state index contributed by atoms with van der Waals surface area (Å²) in [4.78, 5) is 15.6. The monoisotopic (exact) mass is 246 g/mol. The van der Waals surface area contributed by atoms with Crippen LogP contribution < -0.4 is 5.32 Å². The second-order valence-electron chi connectivity index (χ2n) is 3.95. The van der Waals surface area contributed by atoms with Crippen LogP contribution in [0.1, 0.15) is 12.8 Å². The Balaban J connectivity index is 2.02. The van der Waals surface area contributed by atoms with Crippen LogP contribution in [0.3, 0.4) is 0 Å². The topological polar surface area (TPSA) is 75.4 Å². The minimum absolute atomic E-state index is 0.219. The van der Waals surface area contributed by atoms with Crippen LogP contribution in [0.25, 0.3) is 17.2 Å². The van der Waals surface area contributed by atoms with Crippen molar-refractivity contribution in [3.8, 4) is 0 Å². The molecule has 0 saturated carbocycles. The van der Waals surface area contributed by atoms with E-state index in [1.165, 1.54) is 12.2 Å². The van der Waals surface area contributed by atoms with E-state index in [-0.39, 0.29) is 12.5 Å². The Kier molecular flexibility index (Phi) is 3.74. The molecule has 0 aliphatic carbocycles. The van der Waals surface area contributed by atoms with E-state index in [1.54, 1.807) is 6.92 Å². The highest BCUT2D eigenvalue weighted by atomic mass is 16.3. The van der Waals surface area contributed by atoms with E-state index < -0.39 is 6.10 Å². The molecule has 0 radical (unpaired) electrons. The molecule has 5 nitrogen and oxygen atoms in total. The lowest BCUT2D eigenvalue weighted by Gasteiger charge is -2.03. The second-order valence-corrected chi connectivity index (χ2v) is 3.95. The summed E-state index contributed by atoms with van der Waals surface area (Å²) >= 11 is 0. The van der Waals surface area contributed by atoms with E-state index in [9.17, 15) is 4.79 Å². The number of benzene rings is 1. The van der Waals surface area contributed by atoms with Gasteiger partial charge in [0.2, 0.25) is 11.8 Å². The number of fused-ring (bicyclic) bond motifs is 1. The smallest absolute Gasteiger partial charge is 0.244 e. The highest BCUT2D eigenvalue weighted by Crippen LogP contribution is 2.15. The van der Waals surface area contributed by atoms with Crippen LogP contribution >= 0.6 is 0 Å². The second kappa shape index (κ2) is 5.46. The zero-order chi connectivity index (χ0) is 13.0. The number of carbonyl (C=O) groups excluding carboxylic acids is 1. The number of para-hydroxylation sites is 2. The van der Waals surface area contributed by atoms with Gasteiger partial charge in [-0.3, -0.25) is 4.79 Å². The quantitative estimate of drug-likeness (QED) is 0.798. The van der Waals surface area contributed by atoms with Crippen LogP contribution in [0.5, 0.6) is 0 Å². The number of rotatable bonds is 4. The average molecular weight is 246 g/mol. The van der Waals surface area contributed by atoms with Crippen LogP contribution in [0.4, 0.5) is 0 Å². The van der Waals surface area contributed by atoms with E-state index in [2.05, 4.69) is 10.3 Å². The zero-order valence-electron chi connectivity index (χ0n) is 9.96. The van der Waals surface area contributed by atoms with Crippen molar-refractivity contribution in [2.24, 2.45) is 0 Å². The van der Waals surface area contributed by atoms with E-state index in [1.807, 2.05) is 24.3 Å². The molecule has 0 unspecified atom stereocenters. The van der Waals surface area contributed by atoms with Crippen molar-refractivity contribution in [2.45, 2.75) is 13.0 Å². The molecule has 2 N–H and O–H groups in total. The van der Waals surface area contributed by atoms with Gasteiger partial charge in [-0.2, -0.15) is 0 Å². The summed E-state index contributed by atoms with van der Waals surface area (Å²) in [6.45, 7) is 1.82. The van der Waals surface area contributed by atoms with Gasteiger partial charge < -0.3 is 14.8 Å². The lowest BCUT2D eigenvalue weighted by molar-refractivity contribution is -0.116. The lowest BCUT2D eigenvalue weighted by Crippen LogP contribution is -2.28. The Morgan fingerprint density at radius 3 is 3.06 bits per heavy atom. The summed E-state index contributed by atoms with van der Waals surface area (Å²) in [6, 6.07) is 7.38. The van der Waals surface area contributed by atoms with Gasteiger partial charge in [0.1, 0.15) is 5.52 Å². The number of nitrogens with zero attached hydrogens (tertiary/aromatic N) is 1. The summed E-state index contributed by atoms with van der Waals surface area (Å²) < 4.78 is 5.42. The van der Waals surface area contributed by atoms with Crippen molar-refractivity contribution < 1.29 is 14.3 Å². The third-order valence-electron chi connectivity index (χ3n) is 2.26. The van der Waals surface area contributed by atoms with Crippen LogP contribution in [-0.4, -0.2) is 28.6 Å². The Bertz CT molecular complexity index is 539. The molecular weight excluding hydrogens is 232 g/mol. The van der Waals surface area contributed by atoms with Crippen molar-refractivity contribution >= 4 is 23.1 Å². The molecule has 18 heavy (non-hydrogen) atoms. The Morgan fingerprint density at radius 2 is 2.33 bits per heavy atom. The molecule has 94 valence electrons. The maximum absolute atomic E-state index is 11.4. The molecule has 0 bridgehead atoms. The van der Waals surface area contributed by atoms with Crippen LogP contribution in [-0.2, 0) is 4.79 Å². The third kappa shape index (κ3) is 3.18. The molecule has 2 rings (SSSR count).